The third kappa shape index (κ3) is 2.52. The summed E-state index contributed by atoms with van der Waals surface area (Å²) in [5.41, 5.74) is 11.7. The Kier molecular flexibility index (Phi) is 3.37. The van der Waals surface area contributed by atoms with Crippen molar-refractivity contribution in [1.82, 2.24) is 4.98 Å². The van der Waals surface area contributed by atoms with Gasteiger partial charge in [-0.3, -0.25) is 0 Å². The van der Waals surface area contributed by atoms with E-state index in [-0.39, 0.29) is 22.3 Å². The predicted octanol–water partition coefficient (Wildman–Crippen LogP) is 1.12. The van der Waals surface area contributed by atoms with Gasteiger partial charge in [0, 0.05) is 6.07 Å². The number of anilines is 2. The molecule has 0 saturated carbocycles. The van der Waals surface area contributed by atoms with Crippen LogP contribution in [-0.2, 0) is 0 Å². The number of hydrogen-bond donors (Lipinski definition) is 2. The molecule has 1 aromatic heterocycles. The van der Waals surface area contributed by atoms with Gasteiger partial charge in [0.1, 0.15) is 22.5 Å². The van der Waals surface area contributed by atoms with Crippen LogP contribution < -0.4 is 11.5 Å². The zero-order chi connectivity index (χ0) is 11.4. The highest BCUT2D eigenvalue weighted by Gasteiger charge is 2.13. The molecule has 1 rings (SSSR count). The first kappa shape index (κ1) is 11.2. The van der Waals surface area contributed by atoms with Crippen molar-refractivity contribution in [2.75, 3.05) is 11.5 Å². The van der Waals surface area contributed by atoms with Crippen LogP contribution in [0, 0.1) is 22.7 Å². The number of aromatic nitrogens is 1. The van der Waals surface area contributed by atoms with E-state index >= 15 is 0 Å². The fourth-order valence-corrected chi connectivity index (χ4v) is 1.78. The van der Waals surface area contributed by atoms with Gasteiger partial charge in [-0.2, -0.15) is 10.5 Å². The van der Waals surface area contributed by atoms with E-state index in [1.165, 1.54) is 17.8 Å². The number of hydrogen-bond acceptors (Lipinski definition) is 6. The number of nitrogen functional groups attached to an aromatic ring is 2. The lowest BCUT2D eigenvalue weighted by molar-refractivity contribution is 1.11. The summed E-state index contributed by atoms with van der Waals surface area (Å²) in [6.45, 7) is 1.72. The van der Waals surface area contributed by atoms with Gasteiger partial charge >= 0.3 is 0 Å². The molecule has 15 heavy (non-hydrogen) atoms. The number of nitrogens with zero attached hydrogens (tertiary/aromatic N) is 3. The highest BCUT2D eigenvalue weighted by atomic mass is 32.2. The van der Waals surface area contributed by atoms with Crippen molar-refractivity contribution in [3.63, 3.8) is 0 Å². The van der Waals surface area contributed by atoms with Crippen LogP contribution in [0.15, 0.2) is 11.1 Å². The molecule has 1 heterocycles. The summed E-state index contributed by atoms with van der Waals surface area (Å²) in [4.78, 5) is 3.98. The molecule has 0 amide bonds. The Morgan fingerprint density at radius 1 is 1.47 bits per heavy atom. The van der Waals surface area contributed by atoms with E-state index in [1.54, 1.807) is 6.92 Å². The molecule has 0 bridgehead atoms. The fraction of sp³-hybridized carbons (Fsp3) is 0.222. The van der Waals surface area contributed by atoms with Crippen LogP contribution in [0.2, 0.25) is 0 Å². The molecule has 0 unspecified atom stereocenters. The van der Waals surface area contributed by atoms with Gasteiger partial charge < -0.3 is 11.5 Å². The van der Waals surface area contributed by atoms with Crippen LogP contribution in [0.3, 0.4) is 0 Å². The van der Waals surface area contributed by atoms with Gasteiger partial charge in [0.25, 0.3) is 0 Å². The number of nitriles is 2. The topological polar surface area (TPSA) is 113 Å². The molecule has 1 aromatic rings. The van der Waals surface area contributed by atoms with Crippen LogP contribution in [0.1, 0.15) is 12.5 Å². The Hall–Kier alpha value is -1.92. The van der Waals surface area contributed by atoms with E-state index in [0.717, 1.165) is 0 Å². The molecule has 0 aliphatic carbocycles. The van der Waals surface area contributed by atoms with Crippen molar-refractivity contribution in [2.45, 2.75) is 17.2 Å². The molecule has 0 saturated heterocycles. The first-order valence-corrected chi connectivity index (χ1v) is 4.98. The smallest absolute Gasteiger partial charge is 0.126 e. The van der Waals surface area contributed by atoms with E-state index in [4.69, 9.17) is 22.0 Å². The second-order valence-electron chi connectivity index (χ2n) is 2.82. The molecule has 0 aliphatic heterocycles. The zero-order valence-corrected chi connectivity index (χ0v) is 8.88. The maximum absolute atomic E-state index is 8.87. The van der Waals surface area contributed by atoms with Crippen molar-refractivity contribution in [3.05, 3.63) is 11.6 Å². The van der Waals surface area contributed by atoms with E-state index in [2.05, 4.69) is 4.98 Å². The van der Waals surface area contributed by atoms with Crippen molar-refractivity contribution in [3.8, 4) is 12.1 Å². The van der Waals surface area contributed by atoms with Gasteiger partial charge in [0.2, 0.25) is 0 Å². The normalized spacial score (nSPS) is 11.4. The van der Waals surface area contributed by atoms with E-state index in [0.29, 0.717) is 5.03 Å². The van der Waals surface area contributed by atoms with E-state index in [9.17, 15) is 0 Å². The Bertz CT molecular complexity index is 457. The summed E-state index contributed by atoms with van der Waals surface area (Å²) in [6.07, 6.45) is 0. The molecular formula is C9H9N5S. The van der Waals surface area contributed by atoms with Crippen LogP contribution in [0.4, 0.5) is 11.5 Å². The lowest BCUT2D eigenvalue weighted by Gasteiger charge is -2.07. The lowest BCUT2D eigenvalue weighted by Crippen LogP contribution is -2.02. The Morgan fingerprint density at radius 2 is 2.13 bits per heavy atom. The average Bonchev–Trinajstić information content (AvgIpc) is 2.17. The minimum absolute atomic E-state index is 0.249. The van der Waals surface area contributed by atoms with Crippen molar-refractivity contribution < 1.29 is 0 Å². The number of thioether (sulfide) groups is 1. The summed E-state index contributed by atoms with van der Waals surface area (Å²) in [5.74, 6) is 0.249. The minimum atomic E-state index is -0.300. The monoisotopic (exact) mass is 219 g/mol. The van der Waals surface area contributed by atoms with Crippen LogP contribution in [0.25, 0.3) is 0 Å². The molecule has 5 nitrogen and oxygen atoms in total. The number of pyridine rings is 1. The van der Waals surface area contributed by atoms with Crippen LogP contribution in [-0.4, -0.2) is 10.2 Å². The average molecular weight is 219 g/mol. The van der Waals surface area contributed by atoms with Gasteiger partial charge in [-0.25, -0.2) is 4.98 Å². The van der Waals surface area contributed by atoms with Gasteiger partial charge in [0.15, 0.2) is 0 Å². The van der Waals surface area contributed by atoms with Crippen molar-refractivity contribution >= 4 is 23.3 Å². The first-order valence-electron chi connectivity index (χ1n) is 4.10. The summed E-state index contributed by atoms with van der Waals surface area (Å²) < 4.78 is 0. The third-order valence-electron chi connectivity index (χ3n) is 1.62. The Labute approximate surface area is 91.7 Å². The molecule has 4 N–H and O–H groups in total. The molecular weight excluding hydrogens is 210 g/mol. The number of rotatable bonds is 2. The molecule has 6 heteroatoms. The van der Waals surface area contributed by atoms with Gasteiger partial charge in [0.05, 0.1) is 17.0 Å². The summed E-state index contributed by atoms with van der Waals surface area (Å²) >= 11 is 1.17. The molecule has 76 valence electrons. The van der Waals surface area contributed by atoms with Crippen molar-refractivity contribution in [2.24, 2.45) is 0 Å². The van der Waals surface area contributed by atoms with Crippen molar-refractivity contribution in [1.29, 1.82) is 10.5 Å². The third-order valence-corrected chi connectivity index (χ3v) is 2.60. The molecule has 0 fully saturated rings. The Morgan fingerprint density at radius 3 is 2.67 bits per heavy atom. The molecule has 0 aromatic carbocycles. The summed E-state index contributed by atoms with van der Waals surface area (Å²) in [6, 6.07) is 5.41. The van der Waals surface area contributed by atoms with Crippen LogP contribution >= 0.6 is 11.8 Å². The minimum Gasteiger partial charge on any atom is -0.397 e. The summed E-state index contributed by atoms with van der Waals surface area (Å²) in [5, 5.41) is 17.6. The largest absolute Gasteiger partial charge is 0.397 e. The predicted molar refractivity (Wildman–Crippen MR) is 58.7 cm³/mol. The maximum atomic E-state index is 8.87. The van der Waals surface area contributed by atoms with Crippen LogP contribution in [0.5, 0.6) is 0 Å². The quantitative estimate of drug-likeness (QED) is 0.721. The zero-order valence-electron chi connectivity index (χ0n) is 8.06. The molecule has 0 radical (unpaired) electrons. The summed E-state index contributed by atoms with van der Waals surface area (Å²) in [7, 11) is 0. The van der Waals surface area contributed by atoms with E-state index in [1.807, 2.05) is 12.1 Å². The van der Waals surface area contributed by atoms with Gasteiger partial charge in [-0.05, 0) is 6.92 Å². The second kappa shape index (κ2) is 4.54. The molecule has 0 spiro atoms. The molecule has 1 atom stereocenters. The lowest BCUT2D eigenvalue weighted by atomic mass is 10.2. The standard InChI is InChI=1S/C9H9N5S/c1-5(3-10)15-9-6(4-11)7(12)2-8(13)14-9/h2,5H,1H3,(H4,12,13,14)/t5-/m1/s1. The first-order chi connectivity index (χ1) is 7.08. The number of nitrogens with two attached hydrogens (primary N) is 2. The second-order valence-corrected chi connectivity index (χ2v) is 4.15. The SMILES string of the molecule is C[C@H](C#N)Sc1nc(N)cc(N)c1C#N. The van der Waals surface area contributed by atoms with Gasteiger partial charge in [-0.1, -0.05) is 11.8 Å². The van der Waals surface area contributed by atoms with Gasteiger partial charge in [-0.15, -0.1) is 0 Å². The fourth-order valence-electron chi connectivity index (χ4n) is 0.952. The highest BCUT2D eigenvalue weighted by molar-refractivity contribution is 8.00. The molecule has 0 aliphatic rings. The maximum Gasteiger partial charge on any atom is 0.126 e. The highest BCUT2D eigenvalue weighted by Crippen LogP contribution is 2.28. The Balaban J connectivity index is 3.18. The van der Waals surface area contributed by atoms with E-state index < -0.39 is 0 Å².